The molecule has 1 N–H and O–H groups in total. The molecule has 4 heteroatoms. The Morgan fingerprint density at radius 2 is 1.89 bits per heavy atom. The Morgan fingerprint density at radius 1 is 1.15 bits per heavy atom. The summed E-state index contributed by atoms with van der Waals surface area (Å²) in [5.74, 6) is 1.23. The number of hydrogen-bond acceptors (Lipinski definition) is 3. The Labute approximate surface area is 162 Å². The maximum absolute atomic E-state index is 12.6. The molecule has 0 radical (unpaired) electrons. The van der Waals surface area contributed by atoms with Crippen molar-refractivity contribution < 1.29 is 9.53 Å². The minimum atomic E-state index is 0.0537. The van der Waals surface area contributed by atoms with Crippen LogP contribution in [0.2, 0.25) is 0 Å². The molecular formula is C23H30N2O2. The van der Waals surface area contributed by atoms with Crippen molar-refractivity contribution in [1.82, 2.24) is 10.2 Å². The first-order valence-corrected chi connectivity index (χ1v) is 9.95. The molecule has 1 aliphatic rings. The minimum absolute atomic E-state index is 0.0537. The first-order chi connectivity index (χ1) is 13.2. The van der Waals surface area contributed by atoms with Gasteiger partial charge in [-0.2, -0.15) is 0 Å². The average Bonchev–Trinajstić information content (AvgIpc) is 2.70. The largest absolute Gasteiger partial charge is 0.494 e. The summed E-state index contributed by atoms with van der Waals surface area (Å²) in [5.41, 5.74) is 2.42. The zero-order valence-electron chi connectivity index (χ0n) is 16.4. The van der Waals surface area contributed by atoms with Crippen molar-refractivity contribution in [3.63, 3.8) is 0 Å². The van der Waals surface area contributed by atoms with Crippen molar-refractivity contribution in [3.05, 3.63) is 65.7 Å². The van der Waals surface area contributed by atoms with E-state index in [0.717, 1.165) is 43.8 Å². The van der Waals surface area contributed by atoms with Gasteiger partial charge in [-0.15, -0.1) is 0 Å². The van der Waals surface area contributed by atoms with Crippen molar-refractivity contribution in [2.45, 2.75) is 39.3 Å². The van der Waals surface area contributed by atoms with E-state index in [4.69, 9.17) is 4.74 Å². The van der Waals surface area contributed by atoms with Crippen LogP contribution in [0.25, 0.3) is 0 Å². The lowest BCUT2D eigenvalue weighted by Crippen LogP contribution is -2.40. The number of carbonyl (C=O) groups is 1. The van der Waals surface area contributed by atoms with E-state index in [1.54, 1.807) is 0 Å². The Balaban J connectivity index is 1.47. The first-order valence-electron chi connectivity index (χ1n) is 9.95. The predicted molar refractivity (Wildman–Crippen MR) is 109 cm³/mol. The quantitative estimate of drug-likeness (QED) is 0.799. The molecule has 1 aliphatic heterocycles. The zero-order chi connectivity index (χ0) is 19.1. The Kier molecular flexibility index (Phi) is 6.88. The first kappa shape index (κ1) is 19.4. The number of piperidine rings is 1. The normalized spacial score (nSPS) is 16.7. The molecular weight excluding hydrogens is 336 g/mol. The maximum atomic E-state index is 12.6. The van der Waals surface area contributed by atoms with Crippen LogP contribution >= 0.6 is 0 Å². The van der Waals surface area contributed by atoms with E-state index in [-0.39, 0.29) is 17.9 Å². The second-order valence-electron chi connectivity index (χ2n) is 7.27. The summed E-state index contributed by atoms with van der Waals surface area (Å²) in [5, 5.41) is 3.18. The lowest BCUT2D eigenvalue weighted by Gasteiger charge is -2.32. The Bertz CT molecular complexity index is 724. The number of carbonyl (C=O) groups excluding carboxylic acids is 1. The molecule has 144 valence electrons. The van der Waals surface area contributed by atoms with Gasteiger partial charge in [-0.25, -0.2) is 0 Å². The van der Waals surface area contributed by atoms with Gasteiger partial charge in [0.05, 0.1) is 12.6 Å². The molecule has 1 saturated heterocycles. The molecule has 1 amide bonds. The smallest absolute Gasteiger partial charge is 0.223 e. The third-order valence-corrected chi connectivity index (χ3v) is 5.23. The van der Waals surface area contributed by atoms with Crippen LogP contribution in [0.5, 0.6) is 5.75 Å². The van der Waals surface area contributed by atoms with E-state index in [1.807, 2.05) is 44.2 Å². The molecule has 1 atom stereocenters. The minimum Gasteiger partial charge on any atom is -0.494 e. The van der Waals surface area contributed by atoms with Gasteiger partial charge in [-0.05, 0) is 63.0 Å². The van der Waals surface area contributed by atoms with Gasteiger partial charge in [0.1, 0.15) is 5.75 Å². The molecule has 0 saturated carbocycles. The molecule has 3 rings (SSSR count). The summed E-state index contributed by atoms with van der Waals surface area (Å²) < 4.78 is 5.59. The van der Waals surface area contributed by atoms with Gasteiger partial charge in [0, 0.05) is 12.5 Å². The van der Waals surface area contributed by atoms with Crippen molar-refractivity contribution >= 4 is 5.91 Å². The van der Waals surface area contributed by atoms with Crippen LogP contribution in [-0.4, -0.2) is 30.5 Å². The maximum Gasteiger partial charge on any atom is 0.223 e. The number of nitrogens with zero attached hydrogens (tertiary/aromatic N) is 1. The number of rotatable bonds is 7. The standard InChI is InChI=1S/C23H30N2O2/c1-3-27-22-11-7-8-19(16-22)17-25-14-12-21(13-15-25)23(26)24-18(2)20-9-5-4-6-10-20/h4-11,16,18,21H,3,12-15,17H2,1-2H3,(H,24,26). The Morgan fingerprint density at radius 3 is 2.59 bits per heavy atom. The van der Waals surface area contributed by atoms with Gasteiger partial charge in [0.2, 0.25) is 5.91 Å². The summed E-state index contributed by atoms with van der Waals surface area (Å²) in [4.78, 5) is 15.0. The zero-order valence-corrected chi connectivity index (χ0v) is 16.4. The number of ether oxygens (including phenoxy) is 1. The third-order valence-electron chi connectivity index (χ3n) is 5.23. The van der Waals surface area contributed by atoms with Gasteiger partial charge in [0.15, 0.2) is 0 Å². The van der Waals surface area contributed by atoms with E-state index >= 15 is 0 Å². The molecule has 4 nitrogen and oxygen atoms in total. The fourth-order valence-corrected chi connectivity index (χ4v) is 3.67. The fraction of sp³-hybridized carbons (Fsp3) is 0.435. The number of amides is 1. The molecule has 0 bridgehead atoms. The highest BCUT2D eigenvalue weighted by Crippen LogP contribution is 2.22. The second kappa shape index (κ2) is 9.56. The monoisotopic (exact) mass is 366 g/mol. The highest BCUT2D eigenvalue weighted by molar-refractivity contribution is 5.79. The van der Waals surface area contributed by atoms with Crippen LogP contribution in [0.3, 0.4) is 0 Å². The van der Waals surface area contributed by atoms with E-state index in [2.05, 4.69) is 34.5 Å². The molecule has 27 heavy (non-hydrogen) atoms. The molecule has 1 fully saturated rings. The van der Waals surface area contributed by atoms with Crippen molar-refractivity contribution in [2.24, 2.45) is 5.92 Å². The average molecular weight is 367 g/mol. The number of benzene rings is 2. The topological polar surface area (TPSA) is 41.6 Å². The highest BCUT2D eigenvalue weighted by Gasteiger charge is 2.26. The van der Waals surface area contributed by atoms with E-state index < -0.39 is 0 Å². The number of nitrogens with one attached hydrogen (secondary N) is 1. The molecule has 0 aliphatic carbocycles. The van der Waals surface area contributed by atoms with Crippen LogP contribution in [0.15, 0.2) is 54.6 Å². The van der Waals surface area contributed by atoms with Crippen LogP contribution in [0, 0.1) is 5.92 Å². The Hall–Kier alpha value is -2.33. The van der Waals surface area contributed by atoms with Gasteiger partial charge in [0.25, 0.3) is 0 Å². The summed E-state index contributed by atoms with van der Waals surface area (Å²) in [6, 6.07) is 18.5. The van der Waals surface area contributed by atoms with Crippen LogP contribution in [0.1, 0.15) is 43.9 Å². The summed E-state index contributed by atoms with van der Waals surface area (Å²) in [6.07, 6.45) is 1.83. The van der Waals surface area contributed by atoms with E-state index in [0.29, 0.717) is 6.61 Å². The van der Waals surface area contributed by atoms with Gasteiger partial charge >= 0.3 is 0 Å². The van der Waals surface area contributed by atoms with Gasteiger partial charge in [-0.3, -0.25) is 9.69 Å². The summed E-state index contributed by atoms with van der Waals surface area (Å²) in [7, 11) is 0. The van der Waals surface area contributed by atoms with Gasteiger partial charge in [-0.1, -0.05) is 42.5 Å². The van der Waals surface area contributed by atoms with Crippen molar-refractivity contribution in [2.75, 3.05) is 19.7 Å². The van der Waals surface area contributed by atoms with Crippen LogP contribution in [-0.2, 0) is 11.3 Å². The fourth-order valence-electron chi connectivity index (χ4n) is 3.67. The highest BCUT2D eigenvalue weighted by atomic mass is 16.5. The molecule has 0 spiro atoms. The lowest BCUT2D eigenvalue weighted by molar-refractivity contribution is -0.127. The number of likely N-dealkylation sites (tertiary alicyclic amines) is 1. The molecule has 1 heterocycles. The molecule has 2 aromatic carbocycles. The second-order valence-corrected chi connectivity index (χ2v) is 7.27. The van der Waals surface area contributed by atoms with Crippen LogP contribution in [0.4, 0.5) is 0 Å². The van der Waals surface area contributed by atoms with Gasteiger partial charge < -0.3 is 10.1 Å². The van der Waals surface area contributed by atoms with Crippen molar-refractivity contribution in [1.29, 1.82) is 0 Å². The molecule has 0 aromatic heterocycles. The lowest BCUT2D eigenvalue weighted by atomic mass is 9.95. The van der Waals surface area contributed by atoms with E-state index in [1.165, 1.54) is 5.56 Å². The molecule has 2 aromatic rings. The summed E-state index contributed by atoms with van der Waals surface area (Å²) in [6.45, 7) is 7.56. The molecule has 1 unspecified atom stereocenters. The summed E-state index contributed by atoms with van der Waals surface area (Å²) >= 11 is 0. The predicted octanol–water partition coefficient (Wildman–Crippen LogP) is 4.17. The van der Waals surface area contributed by atoms with E-state index in [9.17, 15) is 4.79 Å². The SMILES string of the molecule is CCOc1cccc(CN2CCC(C(=O)NC(C)c3ccccc3)CC2)c1. The third kappa shape index (κ3) is 5.57. The van der Waals surface area contributed by atoms with Crippen molar-refractivity contribution in [3.8, 4) is 5.75 Å². The number of hydrogen-bond donors (Lipinski definition) is 1. The van der Waals surface area contributed by atoms with Crippen LogP contribution < -0.4 is 10.1 Å².